The van der Waals surface area contributed by atoms with E-state index in [1.807, 2.05) is 48.8 Å². The van der Waals surface area contributed by atoms with Gasteiger partial charge in [0.1, 0.15) is 5.52 Å². The van der Waals surface area contributed by atoms with Gasteiger partial charge < -0.3 is 9.64 Å². The monoisotopic (exact) mass is 439 g/mol. The molecule has 0 unspecified atom stereocenters. The lowest BCUT2D eigenvalue weighted by Gasteiger charge is -2.17. The molecule has 1 heterocycles. The number of nitrogens with zero attached hydrogens (tertiary/aromatic N) is 3. The Hall–Kier alpha value is -1.62. The Kier molecular flexibility index (Phi) is 6.33. The molecular weight excluding hydrogens is 417 g/mol. The van der Waals surface area contributed by atoms with Crippen LogP contribution in [0.1, 0.15) is 38.2 Å². The summed E-state index contributed by atoms with van der Waals surface area (Å²) in [6.45, 7) is 4.38. The summed E-state index contributed by atoms with van der Waals surface area (Å²) in [6.07, 6.45) is 2.08. The maximum atomic E-state index is 6.44. The number of anilines is 1. The second kappa shape index (κ2) is 8.40. The molecule has 3 rings (SSSR count). The molecule has 4 nitrogen and oxygen atoms in total. The maximum Gasteiger partial charge on any atom is 0.302 e. The van der Waals surface area contributed by atoms with Gasteiger partial charge in [0, 0.05) is 26.8 Å². The van der Waals surface area contributed by atoms with Gasteiger partial charge in [0.25, 0.3) is 0 Å². The molecule has 0 spiro atoms. The quantitative estimate of drug-likeness (QED) is 0.403. The Labute approximate surface area is 181 Å². The first-order valence-electron chi connectivity index (χ1n) is 9.27. The lowest BCUT2D eigenvalue weighted by molar-refractivity contribution is 0.428. The molecule has 0 saturated carbocycles. The fraction of sp³-hybridized carbons (Fsp3) is 0.381. The fourth-order valence-corrected chi connectivity index (χ4v) is 4.19. The van der Waals surface area contributed by atoms with Crippen molar-refractivity contribution in [3.8, 4) is 11.8 Å². The first-order valence-corrected chi connectivity index (χ1v) is 10.4. The van der Waals surface area contributed by atoms with Crippen LogP contribution >= 0.6 is 34.8 Å². The van der Waals surface area contributed by atoms with Crippen LogP contribution in [0.2, 0.25) is 15.1 Å². The molecule has 0 N–H and O–H groups in total. The van der Waals surface area contributed by atoms with E-state index in [9.17, 15) is 0 Å². The lowest BCUT2D eigenvalue weighted by Crippen LogP contribution is -2.08. The van der Waals surface area contributed by atoms with E-state index in [1.54, 1.807) is 0 Å². The van der Waals surface area contributed by atoms with E-state index < -0.39 is 0 Å². The average Bonchev–Trinajstić information content (AvgIpc) is 2.98. The predicted octanol–water partition coefficient (Wildman–Crippen LogP) is 7.30. The second-order valence-electron chi connectivity index (χ2n) is 7.04. The molecule has 0 bridgehead atoms. The van der Waals surface area contributed by atoms with Gasteiger partial charge in [-0.15, -0.1) is 0 Å². The third-order valence-corrected chi connectivity index (χ3v) is 5.95. The lowest BCUT2D eigenvalue weighted by atomic mass is 9.93. The summed E-state index contributed by atoms with van der Waals surface area (Å²) in [5, 5.41) is 1.44. The molecular formula is C21H24Cl3N3O. The van der Waals surface area contributed by atoms with Crippen LogP contribution in [0.4, 0.5) is 5.69 Å². The Morgan fingerprint density at radius 2 is 1.64 bits per heavy atom. The molecule has 7 heteroatoms. The first kappa shape index (κ1) is 21.1. The largest absolute Gasteiger partial charge is 0.422 e. The van der Waals surface area contributed by atoms with Crippen molar-refractivity contribution in [2.75, 3.05) is 19.0 Å². The van der Waals surface area contributed by atoms with E-state index in [2.05, 4.69) is 24.9 Å². The molecule has 0 atom stereocenters. The SMILES string of the molecule is CCC(CC)c1ccc(Cl)c2nc(Oc3c(Cl)cc(N(C)C)cc3Cl)n(C)c12. The number of hydrogen-bond donors (Lipinski definition) is 0. The van der Waals surface area contributed by atoms with E-state index in [4.69, 9.17) is 39.5 Å². The topological polar surface area (TPSA) is 30.3 Å². The molecule has 1 aromatic heterocycles. The zero-order chi connectivity index (χ0) is 20.6. The summed E-state index contributed by atoms with van der Waals surface area (Å²) in [7, 11) is 5.77. The van der Waals surface area contributed by atoms with Crippen molar-refractivity contribution in [3.63, 3.8) is 0 Å². The molecule has 150 valence electrons. The third kappa shape index (κ3) is 3.78. The van der Waals surface area contributed by atoms with Crippen LogP contribution in [0.5, 0.6) is 11.8 Å². The van der Waals surface area contributed by atoms with Crippen LogP contribution < -0.4 is 9.64 Å². The van der Waals surface area contributed by atoms with Gasteiger partial charge >= 0.3 is 6.01 Å². The molecule has 0 aliphatic rings. The predicted molar refractivity (Wildman–Crippen MR) is 120 cm³/mol. The van der Waals surface area contributed by atoms with Crippen molar-refractivity contribution < 1.29 is 4.74 Å². The third-order valence-electron chi connectivity index (χ3n) is 5.08. The van der Waals surface area contributed by atoms with Crippen LogP contribution in [0.15, 0.2) is 24.3 Å². The number of aryl methyl sites for hydroxylation is 1. The highest BCUT2D eigenvalue weighted by Crippen LogP contribution is 2.41. The van der Waals surface area contributed by atoms with Crippen LogP contribution in [0.3, 0.4) is 0 Å². The number of imidazole rings is 1. The molecule has 2 aromatic carbocycles. The second-order valence-corrected chi connectivity index (χ2v) is 8.26. The fourth-order valence-electron chi connectivity index (χ4n) is 3.44. The van der Waals surface area contributed by atoms with Crippen molar-refractivity contribution in [1.29, 1.82) is 0 Å². The Morgan fingerprint density at radius 1 is 1.04 bits per heavy atom. The number of hydrogen-bond acceptors (Lipinski definition) is 3. The van der Waals surface area contributed by atoms with Crippen molar-refractivity contribution in [1.82, 2.24) is 9.55 Å². The normalized spacial score (nSPS) is 11.5. The van der Waals surface area contributed by atoms with Gasteiger partial charge in [-0.2, -0.15) is 4.98 Å². The Morgan fingerprint density at radius 3 is 2.18 bits per heavy atom. The number of rotatable bonds is 6. The molecule has 0 radical (unpaired) electrons. The molecule has 0 fully saturated rings. The molecule has 0 saturated heterocycles. The van der Waals surface area contributed by atoms with Crippen LogP contribution in [-0.2, 0) is 7.05 Å². The molecule has 0 aliphatic heterocycles. The van der Waals surface area contributed by atoms with Gasteiger partial charge in [-0.25, -0.2) is 0 Å². The summed E-state index contributed by atoms with van der Waals surface area (Å²) >= 11 is 19.3. The van der Waals surface area contributed by atoms with Crippen LogP contribution in [0, 0.1) is 0 Å². The van der Waals surface area contributed by atoms with E-state index in [-0.39, 0.29) is 0 Å². The number of ether oxygens (including phenoxy) is 1. The minimum absolute atomic E-state index is 0.382. The number of benzene rings is 2. The number of halogens is 3. The molecule has 0 aliphatic carbocycles. The van der Waals surface area contributed by atoms with Crippen molar-refractivity contribution in [2.24, 2.45) is 7.05 Å². The highest BCUT2D eigenvalue weighted by atomic mass is 35.5. The number of fused-ring (bicyclic) bond motifs is 1. The van der Waals surface area contributed by atoms with Crippen LogP contribution in [-0.4, -0.2) is 23.6 Å². The summed E-state index contributed by atoms with van der Waals surface area (Å²) in [5.41, 5.74) is 3.81. The van der Waals surface area contributed by atoms with E-state index >= 15 is 0 Å². The van der Waals surface area contributed by atoms with Crippen molar-refractivity contribution in [2.45, 2.75) is 32.6 Å². The number of aromatic nitrogens is 2. The van der Waals surface area contributed by atoms with Crippen molar-refractivity contribution in [3.05, 3.63) is 44.9 Å². The highest BCUT2D eigenvalue weighted by molar-refractivity contribution is 6.37. The van der Waals surface area contributed by atoms with E-state index in [0.29, 0.717) is 32.7 Å². The minimum atomic E-state index is 0.382. The van der Waals surface area contributed by atoms with Crippen molar-refractivity contribution >= 4 is 51.5 Å². The van der Waals surface area contributed by atoms with Gasteiger partial charge in [-0.05, 0) is 42.5 Å². The Balaban J connectivity index is 2.12. The van der Waals surface area contributed by atoms with Gasteiger partial charge in [0.2, 0.25) is 0 Å². The molecule has 0 amide bonds. The van der Waals surface area contributed by atoms with Gasteiger partial charge in [-0.1, -0.05) is 54.7 Å². The zero-order valence-corrected chi connectivity index (χ0v) is 19.0. The van der Waals surface area contributed by atoms with E-state index in [1.165, 1.54) is 5.56 Å². The Bertz CT molecular complexity index is 987. The summed E-state index contributed by atoms with van der Waals surface area (Å²) in [6, 6.07) is 8.01. The summed E-state index contributed by atoms with van der Waals surface area (Å²) < 4.78 is 7.98. The van der Waals surface area contributed by atoms with Gasteiger partial charge in [-0.3, -0.25) is 4.57 Å². The van der Waals surface area contributed by atoms with Gasteiger partial charge in [0.05, 0.1) is 20.6 Å². The average molecular weight is 441 g/mol. The van der Waals surface area contributed by atoms with E-state index in [0.717, 1.165) is 29.6 Å². The highest BCUT2D eigenvalue weighted by Gasteiger charge is 2.21. The smallest absolute Gasteiger partial charge is 0.302 e. The summed E-state index contributed by atoms with van der Waals surface area (Å²) in [5.74, 6) is 0.808. The minimum Gasteiger partial charge on any atom is -0.422 e. The maximum absolute atomic E-state index is 6.44. The molecule has 3 aromatic rings. The zero-order valence-electron chi connectivity index (χ0n) is 16.7. The summed E-state index contributed by atoms with van der Waals surface area (Å²) in [4.78, 5) is 6.57. The van der Waals surface area contributed by atoms with Crippen LogP contribution in [0.25, 0.3) is 11.0 Å². The first-order chi connectivity index (χ1) is 13.3. The molecule has 28 heavy (non-hydrogen) atoms. The van der Waals surface area contributed by atoms with Gasteiger partial charge in [0.15, 0.2) is 5.75 Å². The standard InChI is InChI=1S/C21H24Cl3N3O/c1-6-12(7-2)14-8-9-15(22)18-19(14)27(5)21(25-18)28-20-16(23)10-13(26(3)4)11-17(20)24/h8-12H,6-7H2,1-5H3.